The Bertz CT molecular complexity index is 1050. The van der Waals surface area contributed by atoms with Crippen LogP contribution >= 0.6 is 0 Å². The maximum atomic E-state index is 13.0. The molecule has 3 rings (SSSR count). The number of carbonyl (C=O) groups is 3. The van der Waals surface area contributed by atoms with Gasteiger partial charge in [0.25, 0.3) is 11.8 Å². The first kappa shape index (κ1) is 21.0. The van der Waals surface area contributed by atoms with Crippen LogP contribution in [0.25, 0.3) is 0 Å². The number of aromatic hydroxyl groups is 1. The Labute approximate surface area is 171 Å². The molecule has 2 heterocycles. The molecule has 2 aromatic rings. The van der Waals surface area contributed by atoms with Gasteiger partial charge in [-0.15, -0.1) is 0 Å². The minimum Gasteiger partial charge on any atom is -0.503 e. The predicted octanol–water partition coefficient (Wildman–Crippen LogP) is 0.215. The van der Waals surface area contributed by atoms with E-state index in [2.05, 4.69) is 10.6 Å². The van der Waals surface area contributed by atoms with Crippen LogP contribution in [0.4, 0.5) is 4.39 Å². The number of nitrogens with one attached hydrogen (secondary N) is 2. The number of rotatable bonds is 6. The quantitative estimate of drug-likeness (QED) is 0.622. The molecule has 0 bridgehead atoms. The van der Waals surface area contributed by atoms with Crippen molar-refractivity contribution in [3.8, 4) is 5.75 Å². The lowest BCUT2D eigenvalue weighted by Gasteiger charge is -2.30. The summed E-state index contributed by atoms with van der Waals surface area (Å²) in [5, 5.41) is 15.4. The fourth-order valence-corrected chi connectivity index (χ4v) is 3.15. The first-order valence-corrected chi connectivity index (χ1v) is 9.30. The van der Waals surface area contributed by atoms with Crippen molar-refractivity contribution in [1.29, 1.82) is 0 Å². The summed E-state index contributed by atoms with van der Waals surface area (Å²) in [6.45, 7) is 2.47. The van der Waals surface area contributed by atoms with Crippen LogP contribution in [0.15, 0.2) is 35.3 Å². The summed E-state index contributed by atoms with van der Waals surface area (Å²) in [5.74, 6) is -2.69. The topological polar surface area (TPSA) is 121 Å². The molecule has 1 aliphatic rings. The van der Waals surface area contributed by atoms with Crippen LogP contribution < -0.4 is 16.1 Å². The minimum atomic E-state index is -0.949. The van der Waals surface area contributed by atoms with Crippen LogP contribution in [0.2, 0.25) is 0 Å². The van der Waals surface area contributed by atoms with Crippen molar-refractivity contribution in [1.82, 2.24) is 20.1 Å². The molecule has 0 fully saturated rings. The normalized spacial score (nSPS) is 13.0. The van der Waals surface area contributed by atoms with Crippen LogP contribution in [-0.2, 0) is 17.9 Å². The van der Waals surface area contributed by atoms with E-state index in [1.165, 1.54) is 46.9 Å². The van der Waals surface area contributed by atoms with E-state index in [0.29, 0.717) is 12.1 Å². The molecule has 0 aliphatic carbocycles. The van der Waals surface area contributed by atoms with Crippen molar-refractivity contribution in [3.05, 3.63) is 63.3 Å². The molecule has 30 heavy (non-hydrogen) atoms. The molecule has 1 aliphatic heterocycles. The molecule has 158 valence electrons. The van der Waals surface area contributed by atoms with Crippen LogP contribution in [0.5, 0.6) is 5.75 Å². The molecule has 0 unspecified atom stereocenters. The monoisotopic (exact) mass is 416 g/mol. The average Bonchev–Trinajstić information content (AvgIpc) is 2.71. The van der Waals surface area contributed by atoms with Crippen molar-refractivity contribution in [2.45, 2.75) is 20.0 Å². The number of hydrogen-bond donors (Lipinski definition) is 3. The molecular weight excluding hydrogens is 395 g/mol. The van der Waals surface area contributed by atoms with Crippen molar-refractivity contribution in [2.24, 2.45) is 0 Å². The van der Waals surface area contributed by atoms with Crippen molar-refractivity contribution >= 4 is 17.7 Å². The number of benzene rings is 1. The van der Waals surface area contributed by atoms with Crippen LogP contribution in [-0.4, -0.2) is 51.9 Å². The number of carbonyl (C=O) groups excluding carboxylic acids is 3. The summed E-state index contributed by atoms with van der Waals surface area (Å²) in [6.07, 6.45) is 1.25. The Morgan fingerprint density at radius 3 is 2.50 bits per heavy atom. The Balaban J connectivity index is 1.76. The molecule has 0 saturated carbocycles. The van der Waals surface area contributed by atoms with E-state index in [-0.39, 0.29) is 43.3 Å². The Kier molecular flexibility index (Phi) is 6.14. The van der Waals surface area contributed by atoms with E-state index in [0.717, 1.165) is 0 Å². The summed E-state index contributed by atoms with van der Waals surface area (Å²) in [7, 11) is 0. The zero-order chi connectivity index (χ0) is 21.8. The van der Waals surface area contributed by atoms with Gasteiger partial charge in [-0.25, -0.2) is 4.39 Å². The van der Waals surface area contributed by atoms with Gasteiger partial charge in [0, 0.05) is 45.8 Å². The van der Waals surface area contributed by atoms with Crippen LogP contribution in [0.3, 0.4) is 0 Å². The van der Waals surface area contributed by atoms with E-state index in [1.807, 2.05) is 0 Å². The molecule has 1 aromatic carbocycles. The van der Waals surface area contributed by atoms with Crippen molar-refractivity contribution in [2.75, 3.05) is 19.6 Å². The standard InChI is InChI=1S/C20H21FN4O5/c1-12(26)22-6-7-24-8-9-25-11-15(17(27)18(28)16(25)20(24)30)19(29)23-10-13-2-4-14(21)5-3-13/h2-5,11,28H,6-10H2,1H3,(H,22,26)(H,23,29). The van der Waals surface area contributed by atoms with E-state index >= 15 is 0 Å². The van der Waals surface area contributed by atoms with E-state index in [9.17, 15) is 28.7 Å². The van der Waals surface area contributed by atoms with Crippen LogP contribution in [0, 0.1) is 5.82 Å². The van der Waals surface area contributed by atoms with Gasteiger partial charge >= 0.3 is 0 Å². The highest BCUT2D eigenvalue weighted by Crippen LogP contribution is 2.20. The largest absolute Gasteiger partial charge is 0.503 e. The second-order valence-electron chi connectivity index (χ2n) is 6.85. The number of pyridine rings is 1. The van der Waals surface area contributed by atoms with Gasteiger partial charge in [0.2, 0.25) is 11.3 Å². The fraction of sp³-hybridized carbons (Fsp3) is 0.300. The second kappa shape index (κ2) is 8.76. The lowest BCUT2D eigenvalue weighted by atomic mass is 10.1. The average molecular weight is 416 g/mol. The number of aromatic nitrogens is 1. The third-order valence-corrected chi connectivity index (χ3v) is 4.72. The Morgan fingerprint density at radius 1 is 1.13 bits per heavy atom. The summed E-state index contributed by atoms with van der Waals surface area (Å²) < 4.78 is 14.3. The molecule has 10 heteroatoms. The zero-order valence-electron chi connectivity index (χ0n) is 16.3. The first-order chi connectivity index (χ1) is 14.3. The van der Waals surface area contributed by atoms with E-state index < -0.39 is 28.8 Å². The maximum absolute atomic E-state index is 13.0. The summed E-state index contributed by atoms with van der Waals surface area (Å²) in [6, 6.07) is 5.51. The van der Waals surface area contributed by atoms with Gasteiger partial charge < -0.3 is 25.2 Å². The molecular formula is C20H21FN4O5. The van der Waals surface area contributed by atoms with Crippen molar-refractivity contribution in [3.63, 3.8) is 0 Å². The van der Waals surface area contributed by atoms with E-state index in [4.69, 9.17) is 0 Å². The van der Waals surface area contributed by atoms with Gasteiger partial charge in [-0.1, -0.05) is 12.1 Å². The smallest absolute Gasteiger partial charge is 0.274 e. The first-order valence-electron chi connectivity index (χ1n) is 9.30. The number of hydrogen-bond acceptors (Lipinski definition) is 5. The summed E-state index contributed by atoms with van der Waals surface area (Å²) >= 11 is 0. The highest BCUT2D eigenvalue weighted by Gasteiger charge is 2.30. The lowest BCUT2D eigenvalue weighted by molar-refractivity contribution is -0.119. The fourth-order valence-electron chi connectivity index (χ4n) is 3.15. The Morgan fingerprint density at radius 2 is 1.83 bits per heavy atom. The molecule has 9 nitrogen and oxygen atoms in total. The second-order valence-corrected chi connectivity index (χ2v) is 6.85. The molecule has 1 aromatic heterocycles. The number of fused-ring (bicyclic) bond motifs is 1. The molecule has 0 atom stereocenters. The third-order valence-electron chi connectivity index (χ3n) is 4.72. The van der Waals surface area contributed by atoms with Gasteiger partial charge in [-0.05, 0) is 17.7 Å². The third kappa shape index (κ3) is 4.48. The molecule has 0 spiro atoms. The summed E-state index contributed by atoms with van der Waals surface area (Å²) in [5.41, 5.74) is -0.797. The van der Waals surface area contributed by atoms with Gasteiger partial charge in [0.1, 0.15) is 11.4 Å². The summed E-state index contributed by atoms with van der Waals surface area (Å²) in [4.78, 5) is 50.0. The van der Waals surface area contributed by atoms with Gasteiger partial charge in [0.05, 0.1) is 0 Å². The Hall–Kier alpha value is -3.69. The lowest BCUT2D eigenvalue weighted by Crippen LogP contribution is -2.45. The predicted molar refractivity (Wildman–Crippen MR) is 105 cm³/mol. The van der Waals surface area contributed by atoms with Crippen molar-refractivity contribution < 1.29 is 23.9 Å². The highest BCUT2D eigenvalue weighted by molar-refractivity contribution is 5.99. The van der Waals surface area contributed by atoms with E-state index in [1.54, 1.807) is 0 Å². The number of nitrogens with zero attached hydrogens (tertiary/aromatic N) is 2. The molecule has 0 saturated heterocycles. The zero-order valence-corrected chi connectivity index (χ0v) is 16.3. The maximum Gasteiger partial charge on any atom is 0.274 e. The molecule has 3 amide bonds. The highest BCUT2D eigenvalue weighted by atomic mass is 19.1. The van der Waals surface area contributed by atoms with Gasteiger partial charge in [-0.3, -0.25) is 19.2 Å². The number of halogens is 1. The SMILES string of the molecule is CC(=O)NCCN1CCn2cc(C(=O)NCc3ccc(F)cc3)c(=O)c(O)c2C1=O. The number of amides is 3. The van der Waals surface area contributed by atoms with Gasteiger partial charge in [0.15, 0.2) is 11.4 Å². The molecule has 3 N–H and O–H groups in total. The van der Waals surface area contributed by atoms with Crippen LogP contribution in [0.1, 0.15) is 33.3 Å². The van der Waals surface area contributed by atoms with Gasteiger partial charge in [-0.2, -0.15) is 0 Å². The molecule has 0 radical (unpaired) electrons. The minimum absolute atomic E-state index is 0.0664.